The van der Waals surface area contributed by atoms with Gasteiger partial charge in [0.25, 0.3) is 0 Å². The van der Waals surface area contributed by atoms with Crippen molar-refractivity contribution in [3.8, 4) is 5.75 Å². The lowest BCUT2D eigenvalue weighted by Crippen LogP contribution is -2.15. The molecule has 0 radical (unpaired) electrons. The summed E-state index contributed by atoms with van der Waals surface area (Å²) in [6, 6.07) is 4.24. The third-order valence-electron chi connectivity index (χ3n) is 3.49. The summed E-state index contributed by atoms with van der Waals surface area (Å²) in [5.74, 6) is -2.02. The number of aliphatic carboxylic acids is 1. The van der Waals surface area contributed by atoms with Crippen molar-refractivity contribution in [1.82, 2.24) is 0 Å². The van der Waals surface area contributed by atoms with Crippen LogP contribution in [0.4, 0.5) is 0 Å². The highest BCUT2D eigenvalue weighted by Gasteiger charge is 2.24. The minimum atomic E-state index is -0.967. The molecule has 0 spiro atoms. The predicted molar refractivity (Wildman–Crippen MR) is 78.7 cm³/mol. The van der Waals surface area contributed by atoms with E-state index in [1.807, 2.05) is 0 Å². The molecule has 0 saturated carbocycles. The van der Waals surface area contributed by atoms with Gasteiger partial charge in [-0.05, 0) is 37.5 Å². The molecule has 116 valence electrons. The summed E-state index contributed by atoms with van der Waals surface area (Å²) in [5.41, 5.74) is 0.715. The lowest BCUT2D eigenvalue weighted by molar-refractivity contribution is -0.139. The van der Waals surface area contributed by atoms with E-state index in [0.717, 1.165) is 25.7 Å². The first-order valence-corrected chi connectivity index (χ1v) is 7.15. The standard InChI is InChI=1S/C16H22O5/c1-11(18)15-10-12(19)7-8-13(15)14(16(20)21)6-4-2-3-5-9-17/h7-8,10,14,17,19H,2-6,9H2,1H3,(H,20,21). The molecule has 0 aliphatic carbocycles. The Morgan fingerprint density at radius 1 is 1.14 bits per heavy atom. The van der Waals surface area contributed by atoms with Gasteiger partial charge in [-0.1, -0.05) is 25.3 Å². The van der Waals surface area contributed by atoms with Crippen LogP contribution in [0.25, 0.3) is 0 Å². The van der Waals surface area contributed by atoms with Crippen molar-refractivity contribution >= 4 is 11.8 Å². The summed E-state index contributed by atoms with van der Waals surface area (Å²) in [7, 11) is 0. The van der Waals surface area contributed by atoms with Crippen molar-refractivity contribution in [3.05, 3.63) is 29.3 Å². The van der Waals surface area contributed by atoms with Crippen molar-refractivity contribution in [1.29, 1.82) is 0 Å². The second kappa shape index (κ2) is 8.42. The van der Waals surface area contributed by atoms with Crippen LogP contribution in [-0.4, -0.2) is 33.7 Å². The maximum atomic E-state index is 11.6. The molecule has 21 heavy (non-hydrogen) atoms. The summed E-state index contributed by atoms with van der Waals surface area (Å²) in [6.07, 6.45) is 3.58. The van der Waals surface area contributed by atoms with Crippen LogP contribution >= 0.6 is 0 Å². The molecule has 0 heterocycles. The maximum absolute atomic E-state index is 11.6. The molecule has 1 aromatic carbocycles. The average Bonchev–Trinajstić information content (AvgIpc) is 2.43. The molecule has 0 bridgehead atoms. The largest absolute Gasteiger partial charge is 0.508 e. The molecule has 5 nitrogen and oxygen atoms in total. The number of carbonyl (C=O) groups is 2. The second-order valence-corrected chi connectivity index (χ2v) is 5.15. The van der Waals surface area contributed by atoms with Crippen LogP contribution in [0.3, 0.4) is 0 Å². The zero-order valence-electron chi connectivity index (χ0n) is 12.2. The van der Waals surface area contributed by atoms with Gasteiger partial charge >= 0.3 is 5.97 Å². The Labute approximate surface area is 124 Å². The fraction of sp³-hybridized carbons (Fsp3) is 0.500. The van der Waals surface area contributed by atoms with E-state index in [1.165, 1.54) is 25.1 Å². The number of rotatable bonds is 9. The zero-order valence-corrected chi connectivity index (χ0v) is 12.2. The highest BCUT2D eigenvalue weighted by Crippen LogP contribution is 2.29. The van der Waals surface area contributed by atoms with Gasteiger partial charge in [-0.2, -0.15) is 0 Å². The lowest BCUT2D eigenvalue weighted by atomic mass is 9.88. The molecule has 0 amide bonds. The van der Waals surface area contributed by atoms with E-state index in [-0.39, 0.29) is 23.7 Å². The Hall–Kier alpha value is -1.88. The third-order valence-corrected chi connectivity index (χ3v) is 3.49. The van der Waals surface area contributed by atoms with Crippen molar-refractivity contribution in [2.45, 2.75) is 44.9 Å². The molecule has 0 aliphatic rings. The third kappa shape index (κ3) is 5.19. The number of carboxylic acid groups (broad SMARTS) is 1. The van der Waals surface area contributed by atoms with E-state index in [9.17, 15) is 19.8 Å². The fourth-order valence-electron chi connectivity index (χ4n) is 2.38. The highest BCUT2D eigenvalue weighted by atomic mass is 16.4. The average molecular weight is 294 g/mol. The normalized spacial score (nSPS) is 12.1. The number of carboxylic acids is 1. The van der Waals surface area contributed by atoms with Crippen LogP contribution in [0.2, 0.25) is 0 Å². The van der Waals surface area contributed by atoms with Gasteiger partial charge in [0, 0.05) is 12.2 Å². The van der Waals surface area contributed by atoms with Crippen LogP contribution in [0.15, 0.2) is 18.2 Å². The van der Waals surface area contributed by atoms with Gasteiger partial charge in [-0.15, -0.1) is 0 Å². The summed E-state index contributed by atoms with van der Waals surface area (Å²) in [5, 5.41) is 27.6. The van der Waals surface area contributed by atoms with E-state index < -0.39 is 11.9 Å². The Morgan fingerprint density at radius 3 is 2.38 bits per heavy atom. The summed E-state index contributed by atoms with van der Waals surface area (Å²) < 4.78 is 0. The monoisotopic (exact) mass is 294 g/mol. The first-order chi connectivity index (χ1) is 9.97. The highest BCUT2D eigenvalue weighted by molar-refractivity contribution is 5.97. The van der Waals surface area contributed by atoms with E-state index in [0.29, 0.717) is 12.0 Å². The number of hydrogen-bond donors (Lipinski definition) is 3. The van der Waals surface area contributed by atoms with E-state index in [2.05, 4.69) is 0 Å². The number of Topliss-reactive ketones (excluding diaryl/α,β-unsaturated/α-hetero) is 1. The molecule has 3 N–H and O–H groups in total. The maximum Gasteiger partial charge on any atom is 0.310 e. The van der Waals surface area contributed by atoms with Gasteiger partial charge < -0.3 is 15.3 Å². The van der Waals surface area contributed by atoms with E-state index in [1.54, 1.807) is 0 Å². The Morgan fingerprint density at radius 2 is 1.81 bits per heavy atom. The number of phenolic OH excluding ortho intramolecular Hbond substituents is 1. The van der Waals surface area contributed by atoms with Gasteiger partial charge in [0.1, 0.15) is 5.75 Å². The molecule has 1 atom stereocenters. The molecule has 1 aromatic rings. The topological polar surface area (TPSA) is 94.8 Å². The van der Waals surface area contributed by atoms with E-state index in [4.69, 9.17) is 5.11 Å². The summed E-state index contributed by atoms with van der Waals surface area (Å²) >= 11 is 0. The van der Waals surface area contributed by atoms with E-state index >= 15 is 0 Å². The molecular formula is C16H22O5. The Balaban J connectivity index is 2.86. The first kappa shape index (κ1) is 17.2. The number of benzene rings is 1. The van der Waals surface area contributed by atoms with Crippen LogP contribution in [-0.2, 0) is 4.79 Å². The predicted octanol–water partition coefficient (Wildman–Crippen LogP) is 2.71. The number of phenols is 1. The van der Waals surface area contributed by atoms with Gasteiger partial charge in [0.15, 0.2) is 5.78 Å². The van der Waals surface area contributed by atoms with Crippen molar-refractivity contribution in [3.63, 3.8) is 0 Å². The number of ketones is 1. The minimum Gasteiger partial charge on any atom is -0.508 e. The van der Waals surface area contributed by atoms with Crippen LogP contribution < -0.4 is 0 Å². The molecule has 1 unspecified atom stereocenters. The molecule has 5 heteroatoms. The fourth-order valence-corrected chi connectivity index (χ4v) is 2.38. The quantitative estimate of drug-likeness (QED) is 0.481. The van der Waals surface area contributed by atoms with Crippen LogP contribution in [0.1, 0.15) is 60.9 Å². The summed E-state index contributed by atoms with van der Waals surface area (Å²) in [4.78, 5) is 23.1. The molecule has 0 fully saturated rings. The van der Waals surface area contributed by atoms with Crippen molar-refractivity contribution in [2.75, 3.05) is 6.61 Å². The lowest BCUT2D eigenvalue weighted by Gasteiger charge is -2.16. The SMILES string of the molecule is CC(=O)c1cc(O)ccc1C(CCCCCCO)C(=O)O. The Bertz CT molecular complexity index is 495. The number of aromatic hydroxyl groups is 1. The number of hydrogen-bond acceptors (Lipinski definition) is 4. The molecule has 0 aromatic heterocycles. The number of aliphatic hydroxyl groups excluding tert-OH is 1. The number of unbranched alkanes of at least 4 members (excludes halogenated alkanes) is 3. The van der Waals surface area contributed by atoms with Crippen molar-refractivity contribution < 1.29 is 24.9 Å². The first-order valence-electron chi connectivity index (χ1n) is 7.15. The van der Waals surface area contributed by atoms with Gasteiger partial charge in [-0.25, -0.2) is 0 Å². The molecule has 0 aliphatic heterocycles. The van der Waals surface area contributed by atoms with Gasteiger partial charge in [-0.3, -0.25) is 9.59 Å². The van der Waals surface area contributed by atoms with Crippen LogP contribution in [0, 0.1) is 0 Å². The van der Waals surface area contributed by atoms with Crippen LogP contribution in [0.5, 0.6) is 5.75 Å². The van der Waals surface area contributed by atoms with Crippen molar-refractivity contribution in [2.24, 2.45) is 0 Å². The van der Waals surface area contributed by atoms with Gasteiger partial charge in [0.2, 0.25) is 0 Å². The number of aliphatic hydroxyl groups is 1. The van der Waals surface area contributed by atoms with Gasteiger partial charge in [0.05, 0.1) is 5.92 Å². The zero-order chi connectivity index (χ0) is 15.8. The molecule has 0 saturated heterocycles. The molecular weight excluding hydrogens is 272 g/mol. The molecule has 1 rings (SSSR count). The minimum absolute atomic E-state index is 0.0453. The number of carbonyl (C=O) groups excluding carboxylic acids is 1. The second-order valence-electron chi connectivity index (χ2n) is 5.15. The Kier molecular flexibility index (Phi) is 6.88. The smallest absolute Gasteiger partial charge is 0.310 e. The summed E-state index contributed by atoms with van der Waals surface area (Å²) in [6.45, 7) is 1.51.